The van der Waals surface area contributed by atoms with Crippen LogP contribution in [0.2, 0.25) is 0 Å². The largest absolute Gasteiger partial charge is 0.361 e. The van der Waals surface area contributed by atoms with Crippen LogP contribution in [0.1, 0.15) is 39.2 Å². The van der Waals surface area contributed by atoms with E-state index in [0.29, 0.717) is 26.1 Å². The molecule has 1 aliphatic rings. The number of H-pyrrole nitrogens is 1. The normalized spacial score (nSPS) is 13.5. The second-order valence-electron chi connectivity index (χ2n) is 11.8. The van der Waals surface area contributed by atoms with Gasteiger partial charge in [0, 0.05) is 62.3 Å². The van der Waals surface area contributed by atoms with E-state index >= 15 is 0 Å². The Morgan fingerprint density at radius 1 is 0.911 bits per heavy atom. The second-order valence-corrected chi connectivity index (χ2v) is 11.8. The van der Waals surface area contributed by atoms with Crippen molar-refractivity contribution < 1.29 is 9.59 Å². The third-order valence-electron chi connectivity index (χ3n) is 8.83. The first-order chi connectivity index (χ1) is 21.9. The van der Waals surface area contributed by atoms with E-state index in [-0.39, 0.29) is 11.8 Å². The van der Waals surface area contributed by atoms with Gasteiger partial charge in [0.15, 0.2) is 0 Å². The quantitative estimate of drug-likeness (QED) is 0.204. The van der Waals surface area contributed by atoms with Crippen molar-refractivity contribution in [3.63, 3.8) is 0 Å². The zero-order valence-corrected chi connectivity index (χ0v) is 26.1. The molecule has 7 nitrogen and oxygen atoms in total. The summed E-state index contributed by atoms with van der Waals surface area (Å²) in [7, 11) is 1.90. The van der Waals surface area contributed by atoms with E-state index < -0.39 is 6.04 Å². The van der Waals surface area contributed by atoms with Crippen molar-refractivity contribution in [2.45, 2.75) is 45.8 Å². The van der Waals surface area contributed by atoms with Crippen LogP contribution in [-0.2, 0) is 42.6 Å². The van der Waals surface area contributed by atoms with Crippen LogP contribution in [0.4, 0.5) is 0 Å². The van der Waals surface area contributed by atoms with E-state index in [9.17, 15) is 9.59 Å². The number of aromatic nitrogens is 3. The van der Waals surface area contributed by atoms with Crippen LogP contribution in [0.25, 0.3) is 17.3 Å². The van der Waals surface area contributed by atoms with Crippen molar-refractivity contribution in [3.8, 4) is 11.3 Å². The van der Waals surface area contributed by atoms with Gasteiger partial charge in [0.25, 0.3) is 0 Å². The molecule has 7 heteroatoms. The molecule has 45 heavy (non-hydrogen) atoms. The lowest BCUT2D eigenvalue weighted by atomic mass is 9.97. The van der Waals surface area contributed by atoms with E-state index in [1.54, 1.807) is 11.0 Å². The Hall–Kier alpha value is -5.17. The van der Waals surface area contributed by atoms with Gasteiger partial charge < -0.3 is 14.8 Å². The molecule has 228 valence electrons. The van der Waals surface area contributed by atoms with Gasteiger partial charge in [-0.15, -0.1) is 0 Å². The lowest BCUT2D eigenvalue weighted by Crippen LogP contribution is -2.52. The first kappa shape index (κ1) is 29.9. The van der Waals surface area contributed by atoms with Gasteiger partial charge in [0.05, 0.1) is 5.69 Å². The molecule has 0 aliphatic carbocycles. The monoisotopic (exact) mass is 597 g/mol. The number of aryl methyl sites for hydroxylation is 2. The van der Waals surface area contributed by atoms with E-state index in [1.165, 1.54) is 5.56 Å². The van der Waals surface area contributed by atoms with Crippen LogP contribution in [0, 0.1) is 13.8 Å². The first-order valence-electron chi connectivity index (χ1n) is 15.5. The van der Waals surface area contributed by atoms with Gasteiger partial charge in [-0.2, -0.15) is 5.10 Å². The molecule has 6 rings (SSSR count). The zero-order chi connectivity index (χ0) is 31.3. The van der Waals surface area contributed by atoms with Crippen molar-refractivity contribution in [1.29, 1.82) is 0 Å². The average molecular weight is 598 g/mol. The number of carbonyl (C=O) groups excluding carboxylic acids is 2. The maximum absolute atomic E-state index is 14.5. The fourth-order valence-corrected chi connectivity index (χ4v) is 6.18. The van der Waals surface area contributed by atoms with Crippen LogP contribution in [0.5, 0.6) is 0 Å². The van der Waals surface area contributed by atoms with Crippen LogP contribution in [0.15, 0.2) is 103 Å². The topological polar surface area (TPSA) is 74.2 Å². The van der Waals surface area contributed by atoms with Gasteiger partial charge in [0.2, 0.25) is 11.8 Å². The summed E-state index contributed by atoms with van der Waals surface area (Å²) in [5, 5.41) is 4.51. The molecule has 3 heterocycles. The molecule has 0 unspecified atom stereocenters. The van der Waals surface area contributed by atoms with Crippen molar-refractivity contribution in [2.24, 2.45) is 7.05 Å². The van der Waals surface area contributed by atoms with Crippen LogP contribution in [0.3, 0.4) is 0 Å². The number of nitrogens with zero attached hydrogens (tertiary/aromatic N) is 4. The summed E-state index contributed by atoms with van der Waals surface area (Å²) in [5.41, 5.74) is 9.25. The van der Waals surface area contributed by atoms with Gasteiger partial charge in [-0.05, 0) is 66.3 Å². The summed E-state index contributed by atoms with van der Waals surface area (Å²) in [6.07, 6.45) is 6.56. The molecule has 1 atom stereocenters. The molecule has 0 saturated carbocycles. The highest BCUT2D eigenvalue weighted by molar-refractivity contribution is 5.96. The number of aromatic amines is 1. The highest BCUT2D eigenvalue weighted by atomic mass is 16.2. The zero-order valence-electron chi connectivity index (χ0n) is 26.1. The summed E-state index contributed by atoms with van der Waals surface area (Å²) in [6, 6.07) is 29.8. The van der Waals surface area contributed by atoms with Crippen molar-refractivity contribution >= 4 is 17.9 Å². The van der Waals surface area contributed by atoms with Crippen LogP contribution < -0.4 is 0 Å². The number of carbonyl (C=O) groups is 2. The molecular weight excluding hydrogens is 558 g/mol. The highest BCUT2D eigenvalue weighted by Gasteiger charge is 2.34. The Morgan fingerprint density at radius 3 is 2.33 bits per heavy atom. The lowest BCUT2D eigenvalue weighted by Gasteiger charge is -2.37. The SMILES string of the molecule is Cc1nn(C)c(C)c1C=CC(=O)N(Cc1ccc(-c2ccc[nH]2)cc1)[C@@H](Cc1ccccc1)C(=O)N1CCc2ccccc2C1. The van der Waals surface area contributed by atoms with Crippen molar-refractivity contribution in [2.75, 3.05) is 6.54 Å². The Balaban J connectivity index is 1.36. The number of fused-ring (bicyclic) bond motifs is 1. The fraction of sp³-hybridized carbons (Fsp3) is 0.237. The molecule has 0 spiro atoms. The minimum absolute atomic E-state index is 0.0353. The predicted molar refractivity (Wildman–Crippen MR) is 178 cm³/mol. The summed E-state index contributed by atoms with van der Waals surface area (Å²) in [4.78, 5) is 35.7. The maximum atomic E-state index is 14.5. The summed E-state index contributed by atoms with van der Waals surface area (Å²) in [5.74, 6) is -0.246. The third kappa shape index (κ3) is 6.68. The summed E-state index contributed by atoms with van der Waals surface area (Å²) >= 11 is 0. The van der Waals surface area contributed by atoms with E-state index in [1.807, 2.05) is 109 Å². The minimum atomic E-state index is -0.686. The Kier molecular flexibility index (Phi) is 8.78. The molecule has 0 saturated heterocycles. The molecule has 1 aliphatic heterocycles. The number of hydrogen-bond donors (Lipinski definition) is 1. The Bertz CT molecular complexity index is 1800. The molecule has 2 aromatic heterocycles. The lowest BCUT2D eigenvalue weighted by molar-refractivity contribution is -0.144. The minimum Gasteiger partial charge on any atom is -0.361 e. The molecule has 0 bridgehead atoms. The van der Waals surface area contributed by atoms with Gasteiger partial charge in [-0.25, -0.2) is 0 Å². The number of amides is 2. The summed E-state index contributed by atoms with van der Waals surface area (Å²) in [6.45, 7) is 5.39. The fourth-order valence-electron chi connectivity index (χ4n) is 6.18. The molecule has 3 aromatic carbocycles. The summed E-state index contributed by atoms with van der Waals surface area (Å²) < 4.78 is 1.82. The van der Waals surface area contributed by atoms with Crippen LogP contribution >= 0.6 is 0 Å². The molecule has 0 radical (unpaired) electrons. The standard InChI is InChI=1S/C38H39N5O2/c1-27-34(28(2)41(3)40-27)19-20-37(44)43(25-30-15-17-32(18-16-30)35-14-9-22-39-35)36(24-29-10-5-4-6-11-29)38(45)42-23-21-31-12-7-8-13-33(31)26-42/h4-20,22,36,39H,21,23-26H2,1-3H3/t36-/m0/s1. The van der Waals surface area contributed by atoms with Gasteiger partial charge in [0.1, 0.15) is 6.04 Å². The molecule has 1 N–H and O–H groups in total. The van der Waals surface area contributed by atoms with Crippen molar-refractivity contribution in [3.05, 3.63) is 142 Å². The Morgan fingerprint density at radius 2 is 1.64 bits per heavy atom. The number of hydrogen-bond acceptors (Lipinski definition) is 3. The van der Waals surface area contributed by atoms with Gasteiger partial charge in [-0.1, -0.05) is 78.9 Å². The Labute approximate surface area is 264 Å². The molecular formula is C38H39N5O2. The first-order valence-corrected chi connectivity index (χ1v) is 15.5. The second kappa shape index (κ2) is 13.2. The van der Waals surface area contributed by atoms with E-state index in [0.717, 1.165) is 51.3 Å². The molecule has 5 aromatic rings. The van der Waals surface area contributed by atoms with E-state index in [2.05, 4.69) is 34.3 Å². The third-order valence-corrected chi connectivity index (χ3v) is 8.83. The predicted octanol–water partition coefficient (Wildman–Crippen LogP) is 6.27. The van der Waals surface area contributed by atoms with Gasteiger partial charge >= 0.3 is 0 Å². The smallest absolute Gasteiger partial charge is 0.247 e. The van der Waals surface area contributed by atoms with Crippen molar-refractivity contribution in [1.82, 2.24) is 24.6 Å². The number of benzene rings is 3. The van der Waals surface area contributed by atoms with E-state index in [4.69, 9.17) is 0 Å². The maximum Gasteiger partial charge on any atom is 0.247 e. The average Bonchev–Trinajstić information content (AvgIpc) is 3.69. The molecule has 0 fully saturated rings. The van der Waals surface area contributed by atoms with Crippen LogP contribution in [-0.4, -0.2) is 49.0 Å². The molecule has 2 amide bonds. The highest BCUT2D eigenvalue weighted by Crippen LogP contribution is 2.24. The number of nitrogens with one attached hydrogen (secondary N) is 1. The van der Waals surface area contributed by atoms with Gasteiger partial charge in [-0.3, -0.25) is 14.3 Å². The number of rotatable bonds is 9.